The van der Waals surface area contributed by atoms with Crippen LogP contribution in [0, 0.1) is 6.92 Å². The van der Waals surface area contributed by atoms with Crippen molar-refractivity contribution in [3.8, 4) is 0 Å². The Morgan fingerprint density at radius 2 is 1.72 bits per heavy atom. The van der Waals surface area contributed by atoms with Crippen LogP contribution in [0.15, 0.2) is 48.5 Å². The van der Waals surface area contributed by atoms with Gasteiger partial charge in [-0.1, -0.05) is 61.8 Å². The molecule has 2 rings (SSSR count). The van der Waals surface area contributed by atoms with Gasteiger partial charge >= 0.3 is 0 Å². The van der Waals surface area contributed by atoms with E-state index in [1.165, 1.54) is 4.31 Å². The fourth-order valence-corrected chi connectivity index (χ4v) is 5.30. The van der Waals surface area contributed by atoms with E-state index in [1.807, 2.05) is 44.2 Å². The van der Waals surface area contributed by atoms with Crippen LogP contribution in [0.2, 0.25) is 5.02 Å². The van der Waals surface area contributed by atoms with Crippen molar-refractivity contribution in [2.45, 2.75) is 58.9 Å². The Hall–Kier alpha value is -2.58. The molecule has 2 amide bonds. The van der Waals surface area contributed by atoms with Crippen LogP contribution < -0.4 is 9.62 Å². The van der Waals surface area contributed by atoms with Crippen LogP contribution in [0.4, 0.5) is 5.69 Å². The lowest BCUT2D eigenvalue weighted by molar-refractivity contribution is -0.140. The van der Waals surface area contributed by atoms with Gasteiger partial charge < -0.3 is 10.2 Å². The second-order valence-corrected chi connectivity index (χ2v) is 11.2. The fraction of sp³-hybridized carbons (Fsp3) is 0.481. The van der Waals surface area contributed by atoms with E-state index in [-0.39, 0.29) is 24.8 Å². The molecule has 0 aromatic heterocycles. The molecule has 0 radical (unpaired) electrons. The SMILES string of the molecule is CCCNC(=O)C(CC)N(CCc1ccccc1)C(=O)CCCN(c1cccc(Cl)c1C)S(C)(=O)=O. The van der Waals surface area contributed by atoms with Gasteiger partial charge in [-0.05, 0) is 55.9 Å². The maximum absolute atomic E-state index is 13.4. The number of amides is 2. The van der Waals surface area contributed by atoms with Gasteiger partial charge in [0, 0.05) is 31.1 Å². The van der Waals surface area contributed by atoms with Crippen LogP contribution in [0.3, 0.4) is 0 Å². The van der Waals surface area contributed by atoms with E-state index in [0.29, 0.717) is 48.6 Å². The number of nitrogens with zero attached hydrogens (tertiary/aromatic N) is 2. The number of hydrogen-bond donors (Lipinski definition) is 1. The molecule has 2 aromatic carbocycles. The average Bonchev–Trinajstić information content (AvgIpc) is 2.84. The lowest BCUT2D eigenvalue weighted by atomic mass is 10.1. The number of hydrogen-bond acceptors (Lipinski definition) is 4. The van der Waals surface area contributed by atoms with Crippen molar-refractivity contribution in [2.75, 3.05) is 30.2 Å². The molecule has 1 unspecified atom stereocenters. The number of carbonyl (C=O) groups excluding carboxylic acids is 2. The molecule has 9 heteroatoms. The topological polar surface area (TPSA) is 86.8 Å². The highest BCUT2D eigenvalue weighted by Crippen LogP contribution is 2.28. The zero-order chi connectivity index (χ0) is 26.7. The van der Waals surface area contributed by atoms with Gasteiger partial charge in [0.05, 0.1) is 11.9 Å². The lowest BCUT2D eigenvalue weighted by Crippen LogP contribution is -2.50. The third-order valence-corrected chi connectivity index (χ3v) is 7.67. The molecular weight excluding hydrogens is 498 g/mol. The molecule has 198 valence electrons. The minimum Gasteiger partial charge on any atom is -0.354 e. The van der Waals surface area contributed by atoms with Gasteiger partial charge in [0.1, 0.15) is 6.04 Å². The van der Waals surface area contributed by atoms with Crippen molar-refractivity contribution >= 4 is 39.1 Å². The summed E-state index contributed by atoms with van der Waals surface area (Å²) in [5.74, 6) is -0.325. The predicted molar refractivity (Wildman–Crippen MR) is 147 cm³/mol. The van der Waals surface area contributed by atoms with Crippen molar-refractivity contribution in [3.05, 3.63) is 64.7 Å². The Morgan fingerprint density at radius 1 is 1.03 bits per heavy atom. The van der Waals surface area contributed by atoms with Crippen LogP contribution in [-0.4, -0.2) is 57.1 Å². The van der Waals surface area contributed by atoms with E-state index in [2.05, 4.69) is 5.32 Å². The maximum Gasteiger partial charge on any atom is 0.242 e. The molecule has 0 aliphatic carbocycles. The van der Waals surface area contributed by atoms with Gasteiger partial charge in [0.15, 0.2) is 0 Å². The average molecular weight is 536 g/mol. The number of rotatable bonds is 14. The van der Waals surface area contributed by atoms with Gasteiger partial charge in [0.2, 0.25) is 21.8 Å². The number of sulfonamides is 1. The molecule has 1 atom stereocenters. The van der Waals surface area contributed by atoms with Gasteiger partial charge in [0.25, 0.3) is 0 Å². The van der Waals surface area contributed by atoms with Crippen molar-refractivity contribution < 1.29 is 18.0 Å². The van der Waals surface area contributed by atoms with E-state index in [4.69, 9.17) is 11.6 Å². The highest BCUT2D eigenvalue weighted by Gasteiger charge is 2.28. The van der Waals surface area contributed by atoms with E-state index in [1.54, 1.807) is 30.0 Å². The molecule has 2 aromatic rings. The van der Waals surface area contributed by atoms with Gasteiger partial charge in [-0.25, -0.2) is 8.42 Å². The summed E-state index contributed by atoms with van der Waals surface area (Å²) in [6.45, 7) is 6.74. The largest absolute Gasteiger partial charge is 0.354 e. The first-order valence-electron chi connectivity index (χ1n) is 12.4. The Kier molecular flexibility index (Phi) is 11.7. The third kappa shape index (κ3) is 8.52. The first-order chi connectivity index (χ1) is 17.1. The van der Waals surface area contributed by atoms with Crippen LogP contribution in [-0.2, 0) is 26.0 Å². The number of carbonyl (C=O) groups is 2. The summed E-state index contributed by atoms with van der Waals surface area (Å²) < 4.78 is 26.4. The Bertz CT molecular complexity index is 1110. The van der Waals surface area contributed by atoms with Gasteiger partial charge in [-0.15, -0.1) is 0 Å². The Labute approximate surface area is 220 Å². The third-order valence-electron chi connectivity index (χ3n) is 6.08. The van der Waals surface area contributed by atoms with Crippen LogP contribution in [0.25, 0.3) is 0 Å². The summed E-state index contributed by atoms with van der Waals surface area (Å²) in [4.78, 5) is 27.9. The highest BCUT2D eigenvalue weighted by atomic mass is 35.5. The molecule has 36 heavy (non-hydrogen) atoms. The standard InChI is InChI=1S/C27H38ClN3O4S/c1-5-18-29-27(33)24(6-2)30(20-17-22-12-8-7-9-13-22)26(32)16-11-19-31(36(4,34)35)25-15-10-14-23(28)21(25)3/h7-10,12-15,24H,5-6,11,16-20H2,1-4H3,(H,29,33). The molecule has 0 spiro atoms. The first-order valence-corrected chi connectivity index (χ1v) is 14.7. The Balaban J connectivity index is 2.17. The summed E-state index contributed by atoms with van der Waals surface area (Å²) in [6.07, 6.45) is 3.51. The summed E-state index contributed by atoms with van der Waals surface area (Å²) in [6, 6.07) is 14.4. The van der Waals surface area contributed by atoms with Crippen molar-refractivity contribution in [1.82, 2.24) is 10.2 Å². The smallest absolute Gasteiger partial charge is 0.242 e. The van der Waals surface area contributed by atoms with Gasteiger partial charge in [-0.3, -0.25) is 13.9 Å². The molecule has 1 N–H and O–H groups in total. The normalized spacial score (nSPS) is 12.1. The molecule has 0 heterocycles. The monoisotopic (exact) mass is 535 g/mol. The second kappa shape index (κ2) is 14.2. The minimum atomic E-state index is -3.58. The predicted octanol–water partition coefficient (Wildman–Crippen LogP) is 4.57. The quantitative estimate of drug-likeness (QED) is 0.384. The van der Waals surface area contributed by atoms with Crippen molar-refractivity contribution in [2.24, 2.45) is 0 Å². The van der Waals surface area contributed by atoms with Crippen molar-refractivity contribution in [1.29, 1.82) is 0 Å². The molecule has 0 aliphatic rings. The van der Waals surface area contributed by atoms with Crippen LogP contribution in [0.1, 0.15) is 50.7 Å². The molecule has 0 saturated carbocycles. The van der Waals surface area contributed by atoms with Crippen LogP contribution >= 0.6 is 11.6 Å². The van der Waals surface area contributed by atoms with Gasteiger partial charge in [-0.2, -0.15) is 0 Å². The highest BCUT2D eigenvalue weighted by molar-refractivity contribution is 7.92. The minimum absolute atomic E-state index is 0.123. The lowest BCUT2D eigenvalue weighted by Gasteiger charge is -2.31. The number of benzene rings is 2. The van der Waals surface area contributed by atoms with E-state index >= 15 is 0 Å². The number of nitrogens with one attached hydrogen (secondary N) is 1. The summed E-state index contributed by atoms with van der Waals surface area (Å²) in [5.41, 5.74) is 2.25. The van der Waals surface area contributed by atoms with Crippen molar-refractivity contribution in [3.63, 3.8) is 0 Å². The number of halogens is 1. The maximum atomic E-state index is 13.4. The van der Waals surface area contributed by atoms with E-state index in [0.717, 1.165) is 18.2 Å². The molecule has 0 aliphatic heterocycles. The molecule has 0 saturated heterocycles. The zero-order valence-corrected chi connectivity index (χ0v) is 23.2. The summed E-state index contributed by atoms with van der Waals surface area (Å²) >= 11 is 6.22. The number of anilines is 1. The second-order valence-electron chi connectivity index (χ2n) is 8.86. The summed E-state index contributed by atoms with van der Waals surface area (Å²) in [5, 5.41) is 3.39. The summed E-state index contributed by atoms with van der Waals surface area (Å²) in [7, 11) is -3.58. The zero-order valence-electron chi connectivity index (χ0n) is 21.7. The first kappa shape index (κ1) is 29.6. The Morgan fingerprint density at radius 3 is 2.33 bits per heavy atom. The molecule has 7 nitrogen and oxygen atoms in total. The molecular formula is C27H38ClN3O4S. The van der Waals surface area contributed by atoms with E-state index in [9.17, 15) is 18.0 Å². The fourth-order valence-electron chi connectivity index (χ4n) is 4.11. The van der Waals surface area contributed by atoms with Crippen LogP contribution in [0.5, 0.6) is 0 Å². The molecule has 0 fully saturated rings. The van der Waals surface area contributed by atoms with E-state index < -0.39 is 16.1 Å². The molecule has 0 bridgehead atoms.